The van der Waals surface area contributed by atoms with E-state index in [2.05, 4.69) is 10.2 Å². The molecule has 40 heavy (non-hydrogen) atoms. The molecular formula is C27H32N2O11. The summed E-state index contributed by atoms with van der Waals surface area (Å²) in [5.41, 5.74) is -0.550. The number of amides is 1. The van der Waals surface area contributed by atoms with Crippen LogP contribution >= 0.6 is 0 Å². The molecule has 1 aromatic carbocycles. The molecule has 0 unspecified atom stereocenters. The second kappa shape index (κ2) is 9.75. The number of phenols is 1. The summed E-state index contributed by atoms with van der Waals surface area (Å²) in [6, 6.07) is 1.92. The molecule has 1 spiro atoms. The number of aromatic hydroxyl groups is 1. The summed E-state index contributed by atoms with van der Waals surface area (Å²) in [7, 11) is 1.95. The molecule has 7 atom stereocenters. The van der Waals surface area contributed by atoms with E-state index in [1.54, 1.807) is 12.1 Å². The maximum Gasteiger partial charge on any atom is 0.336 e. The van der Waals surface area contributed by atoms with Gasteiger partial charge in [-0.3, -0.25) is 14.4 Å². The first-order valence-corrected chi connectivity index (χ1v) is 13.1. The largest absolute Gasteiger partial charge is 0.504 e. The molecule has 1 aromatic rings. The highest BCUT2D eigenvalue weighted by atomic mass is 16.6. The van der Waals surface area contributed by atoms with Crippen LogP contribution in [0.3, 0.4) is 0 Å². The van der Waals surface area contributed by atoms with E-state index >= 15 is 0 Å². The number of esters is 2. The van der Waals surface area contributed by atoms with Gasteiger partial charge in [0.25, 0.3) is 5.91 Å². The average Bonchev–Trinajstić information content (AvgIpc) is 3.25. The molecular weight excluding hydrogens is 528 g/mol. The van der Waals surface area contributed by atoms with Gasteiger partial charge in [0.05, 0.1) is 17.4 Å². The number of carboxylic acid groups (broad SMARTS) is 1. The quantitative estimate of drug-likeness (QED) is 0.256. The lowest BCUT2D eigenvalue weighted by molar-refractivity contribution is -0.172. The Labute approximate surface area is 229 Å². The Morgan fingerprint density at radius 1 is 1.25 bits per heavy atom. The summed E-state index contributed by atoms with van der Waals surface area (Å²) in [4.78, 5) is 50.1. The summed E-state index contributed by atoms with van der Waals surface area (Å²) in [6.45, 7) is 3.07. The van der Waals surface area contributed by atoms with Crippen molar-refractivity contribution in [2.24, 2.45) is 0 Å². The van der Waals surface area contributed by atoms with Crippen molar-refractivity contribution in [2.45, 2.75) is 80.9 Å². The molecule has 0 aromatic heterocycles. The third kappa shape index (κ3) is 4.11. The zero-order valence-electron chi connectivity index (χ0n) is 22.2. The van der Waals surface area contributed by atoms with Crippen molar-refractivity contribution < 1.29 is 53.8 Å². The van der Waals surface area contributed by atoms with Crippen LogP contribution in [0.25, 0.3) is 0 Å². The fraction of sp³-hybridized carbons (Fsp3) is 0.556. The molecule has 216 valence electrons. The Morgan fingerprint density at radius 3 is 2.67 bits per heavy atom. The number of benzene rings is 1. The minimum absolute atomic E-state index is 0.0815. The van der Waals surface area contributed by atoms with Crippen LogP contribution in [0.4, 0.5) is 0 Å². The average molecular weight is 561 g/mol. The lowest BCUT2D eigenvalue weighted by Crippen LogP contribution is -2.74. The smallest absolute Gasteiger partial charge is 0.336 e. The molecule has 1 fully saturated rings. The predicted molar refractivity (Wildman–Crippen MR) is 134 cm³/mol. The Kier molecular flexibility index (Phi) is 6.79. The molecule has 4 aliphatic rings. The van der Waals surface area contributed by atoms with Crippen LogP contribution in [0, 0.1) is 0 Å². The molecule has 1 saturated heterocycles. The van der Waals surface area contributed by atoms with E-state index in [-0.39, 0.29) is 29.7 Å². The van der Waals surface area contributed by atoms with E-state index in [9.17, 15) is 34.5 Å². The van der Waals surface area contributed by atoms with Gasteiger partial charge in [0.2, 0.25) is 0 Å². The van der Waals surface area contributed by atoms with Gasteiger partial charge in [-0.15, -0.1) is 0 Å². The normalized spacial score (nSPS) is 30.1. The Hall–Kier alpha value is -3.68. The van der Waals surface area contributed by atoms with Gasteiger partial charge in [-0.05, 0) is 58.0 Å². The van der Waals surface area contributed by atoms with E-state index in [0.29, 0.717) is 19.4 Å². The maximum atomic E-state index is 12.8. The number of piperidine rings is 1. The molecule has 0 radical (unpaired) electrons. The number of aliphatic hydroxyl groups is 2. The molecule has 13 nitrogen and oxygen atoms in total. The van der Waals surface area contributed by atoms with Crippen LogP contribution in [0.5, 0.6) is 11.5 Å². The molecule has 2 aliphatic carbocycles. The van der Waals surface area contributed by atoms with Crippen LogP contribution in [-0.2, 0) is 40.5 Å². The molecule has 1 amide bonds. The SMILES string of the molecule is C[C@H](NC(=O)[C@H](C)OC(=O)[C@@H](O)CC(=O)OC1=CC[C@@]2(O)[C@@H]3Cc4ccc(O)c5c4[C@@]2(CCN3C)[C@H]1O5)C(=O)O. The van der Waals surface area contributed by atoms with Gasteiger partial charge in [0, 0.05) is 18.0 Å². The first-order chi connectivity index (χ1) is 18.8. The first kappa shape index (κ1) is 27.9. The molecule has 0 saturated carbocycles. The summed E-state index contributed by atoms with van der Waals surface area (Å²) < 4.78 is 16.6. The van der Waals surface area contributed by atoms with Crippen molar-refractivity contribution in [1.82, 2.24) is 10.2 Å². The number of nitrogens with zero attached hydrogens (tertiary/aromatic N) is 1. The van der Waals surface area contributed by atoms with Gasteiger partial charge in [-0.1, -0.05) is 6.07 Å². The second-order valence-electron chi connectivity index (χ2n) is 10.9. The maximum absolute atomic E-state index is 12.8. The first-order valence-electron chi connectivity index (χ1n) is 13.1. The fourth-order valence-corrected chi connectivity index (χ4v) is 6.55. The van der Waals surface area contributed by atoms with Crippen molar-refractivity contribution in [3.63, 3.8) is 0 Å². The molecule has 2 bridgehead atoms. The number of likely N-dealkylation sites (tertiary alicyclic amines) is 1. The minimum atomic E-state index is -1.96. The van der Waals surface area contributed by atoms with Crippen LogP contribution in [0.1, 0.15) is 44.2 Å². The molecule has 2 heterocycles. The summed E-state index contributed by atoms with van der Waals surface area (Å²) in [5.74, 6) is -4.13. The number of rotatable bonds is 8. The van der Waals surface area contributed by atoms with Crippen molar-refractivity contribution in [3.05, 3.63) is 35.1 Å². The number of aliphatic carboxylic acids is 1. The van der Waals surface area contributed by atoms with Gasteiger partial charge < -0.3 is 44.9 Å². The fourth-order valence-electron chi connectivity index (χ4n) is 6.55. The number of phenolic OH excluding ortho intramolecular Hbond substituents is 1. The number of carboxylic acids is 1. The van der Waals surface area contributed by atoms with E-state index in [1.165, 1.54) is 13.8 Å². The van der Waals surface area contributed by atoms with Gasteiger partial charge in [0.1, 0.15) is 11.8 Å². The summed E-state index contributed by atoms with van der Waals surface area (Å²) >= 11 is 0. The van der Waals surface area contributed by atoms with Crippen LogP contribution in [0.2, 0.25) is 0 Å². The molecule has 13 heteroatoms. The van der Waals surface area contributed by atoms with Crippen molar-refractivity contribution in [2.75, 3.05) is 13.6 Å². The van der Waals surface area contributed by atoms with E-state index < -0.39 is 65.6 Å². The number of carbonyl (C=O) groups is 4. The number of likely N-dealkylation sites (N-methyl/N-ethyl adjacent to an activating group) is 1. The second-order valence-corrected chi connectivity index (χ2v) is 10.9. The monoisotopic (exact) mass is 560 g/mol. The van der Waals surface area contributed by atoms with Crippen LogP contribution in [0.15, 0.2) is 24.0 Å². The third-order valence-electron chi connectivity index (χ3n) is 8.61. The number of aliphatic hydroxyl groups excluding tert-OH is 1. The van der Waals surface area contributed by atoms with E-state index in [0.717, 1.165) is 11.1 Å². The zero-order valence-corrected chi connectivity index (χ0v) is 22.2. The van der Waals surface area contributed by atoms with Crippen LogP contribution < -0.4 is 10.1 Å². The molecule has 5 N–H and O–H groups in total. The Morgan fingerprint density at radius 2 is 1.98 bits per heavy atom. The lowest BCUT2D eigenvalue weighted by Gasteiger charge is -2.61. The standard InChI is InChI=1S/C27H32N2O11/c1-12(24(34)35)28-23(33)13(2)38-25(36)16(31)11-19(32)39-17-6-7-27(37)18-10-14-4-5-15(30)21-20(14)26(27,22(17)40-21)8-9-29(18)3/h4-6,12-13,16,18,22,30-31,37H,7-11H2,1-3H3,(H,28,33)(H,34,35)/t12-,13-,16-,18-,22-,26-,27+/m0/s1. The highest BCUT2D eigenvalue weighted by Gasteiger charge is 2.72. The van der Waals surface area contributed by atoms with Crippen molar-refractivity contribution in [3.8, 4) is 11.5 Å². The highest BCUT2D eigenvalue weighted by Crippen LogP contribution is 2.65. The van der Waals surface area contributed by atoms with Crippen molar-refractivity contribution >= 4 is 23.8 Å². The van der Waals surface area contributed by atoms with Gasteiger partial charge >= 0.3 is 17.9 Å². The van der Waals surface area contributed by atoms with Gasteiger partial charge in [-0.2, -0.15) is 0 Å². The van der Waals surface area contributed by atoms with Crippen LogP contribution in [-0.4, -0.2) is 98.7 Å². The van der Waals surface area contributed by atoms with Crippen molar-refractivity contribution in [1.29, 1.82) is 0 Å². The van der Waals surface area contributed by atoms with Gasteiger partial charge in [0.15, 0.2) is 29.8 Å². The van der Waals surface area contributed by atoms with E-state index in [4.69, 9.17) is 19.3 Å². The predicted octanol–water partition coefficient (Wildman–Crippen LogP) is -0.515. The number of nitrogens with one attached hydrogen (secondary N) is 1. The number of carbonyl (C=O) groups excluding carboxylic acids is 3. The zero-order chi connectivity index (χ0) is 29.1. The Balaban J connectivity index is 1.30. The molecule has 5 rings (SSSR count). The highest BCUT2D eigenvalue weighted by molar-refractivity contribution is 5.89. The summed E-state index contributed by atoms with van der Waals surface area (Å²) in [5, 5.41) is 44.0. The van der Waals surface area contributed by atoms with Gasteiger partial charge in [-0.25, -0.2) is 4.79 Å². The minimum Gasteiger partial charge on any atom is -0.504 e. The topological polar surface area (TPSA) is 192 Å². The third-order valence-corrected chi connectivity index (χ3v) is 8.61. The Bertz CT molecular complexity index is 1310. The summed E-state index contributed by atoms with van der Waals surface area (Å²) in [6.07, 6.45) is -2.32. The lowest BCUT2D eigenvalue weighted by atomic mass is 9.50. The number of hydrogen-bond acceptors (Lipinski definition) is 11. The number of ether oxygens (including phenoxy) is 3. The number of hydrogen-bond donors (Lipinski definition) is 5. The van der Waals surface area contributed by atoms with E-state index in [1.807, 2.05) is 13.1 Å². The molecule has 2 aliphatic heterocycles.